The van der Waals surface area contributed by atoms with Crippen LogP contribution in [0.5, 0.6) is 0 Å². The molecule has 0 aromatic heterocycles. The van der Waals surface area contributed by atoms with E-state index in [1.807, 2.05) is 0 Å². The molecule has 316 valence electrons. The van der Waals surface area contributed by atoms with Crippen LogP contribution in [0.25, 0.3) is 0 Å². The third-order valence-electron chi connectivity index (χ3n) is 16.1. The molecule has 0 bridgehead atoms. The lowest BCUT2D eigenvalue weighted by Crippen LogP contribution is -2.69. The van der Waals surface area contributed by atoms with Crippen molar-refractivity contribution < 1.29 is 64.9 Å². The Morgan fingerprint density at radius 3 is 1.95 bits per heavy atom. The van der Waals surface area contributed by atoms with Gasteiger partial charge in [-0.3, -0.25) is 0 Å². The van der Waals surface area contributed by atoms with Crippen LogP contribution in [0.2, 0.25) is 0 Å². The lowest BCUT2D eigenvalue weighted by Gasteiger charge is -2.71. The molecule has 0 aromatic rings. The van der Waals surface area contributed by atoms with E-state index in [1.54, 1.807) is 0 Å². The number of fused-ring (bicyclic) bond motifs is 5. The lowest BCUT2D eigenvalue weighted by atomic mass is 9.35. The molecule has 0 unspecified atom stereocenters. The van der Waals surface area contributed by atoms with Crippen LogP contribution in [0.15, 0.2) is 23.8 Å². The van der Waals surface area contributed by atoms with Gasteiger partial charge in [0.1, 0.15) is 48.8 Å². The Bertz CT molecular complexity index is 1400. The van der Waals surface area contributed by atoms with E-state index in [4.69, 9.17) is 18.9 Å². The molecule has 2 saturated heterocycles. The van der Waals surface area contributed by atoms with Crippen LogP contribution in [-0.2, 0) is 18.9 Å². The van der Waals surface area contributed by atoms with Gasteiger partial charge in [0, 0.05) is 0 Å². The molecule has 6 rings (SSSR count). The van der Waals surface area contributed by atoms with Crippen molar-refractivity contribution in [1.29, 1.82) is 0 Å². The molecule has 13 nitrogen and oxygen atoms in total. The number of allylic oxidation sites excluding steroid dienone is 3. The monoisotopic (exact) mass is 782 g/mol. The van der Waals surface area contributed by atoms with Crippen LogP contribution in [0.4, 0.5) is 0 Å². The maximum atomic E-state index is 12.2. The Kier molecular flexibility index (Phi) is 12.6. The second-order valence-corrected chi connectivity index (χ2v) is 19.6. The maximum absolute atomic E-state index is 12.2. The quantitative estimate of drug-likeness (QED) is 0.115. The lowest BCUT2D eigenvalue weighted by molar-refractivity contribution is -0.383. The molecular formula is C42H70O13. The van der Waals surface area contributed by atoms with Crippen molar-refractivity contribution >= 4 is 0 Å². The molecule has 0 radical (unpaired) electrons. The maximum Gasteiger partial charge on any atom is 0.187 e. The largest absolute Gasteiger partial charge is 0.394 e. The van der Waals surface area contributed by atoms with Gasteiger partial charge in [-0.15, -0.1) is 0 Å². The molecule has 0 spiro atoms. The van der Waals surface area contributed by atoms with Crippen molar-refractivity contribution in [2.75, 3.05) is 13.2 Å². The van der Waals surface area contributed by atoms with Gasteiger partial charge in [0.2, 0.25) is 0 Å². The van der Waals surface area contributed by atoms with Crippen molar-refractivity contribution in [3.05, 3.63) is 23.8 Å². The van der Waals surface area contributed by atoms with Crippen molar-refractivity contribution in [3.8, 4) is 0 Å². The smallest absolute Gasteiger partial charge is 0.187 e. The molecule has 2 heterocycles. The first-order chi connectivity index (χ1) is 25.7. The highest BCUT2D eigenvalue weighted by Gasteiger charge is 2.71. The van der Waals surface area contributed by atoms with E-state index in [-0.39, 0.29) is 39.9 Å². The van der Waals surface area contributed by atoms with Crippen molar-refractivity contribution in [1.82, 2.24) is 0 Å². The zero-order valence-corrected chi connectivity index (χ0v) is 33.8. The minimum absolute atomic E-state index is 0.0487. The van der Waals surface area contributed by atoms with Crippen molar-refractivity contribution in [2.24, 2.45) is 45.3 Å². The fraction of sp³-hybridized carbons (Fsp3) is 0.905. The van der Waals surface area contributed by atoms with E-state index in [9.17, 15) is 46.0 Å². The standard InChI is InChI=1S/C42H70O13/c1-20(2)10-9-11-21(3)22-12-14-42(8)29(22)23(45)16-28-40(6)17-24(46)36(39(4,5)27(40)13-15-41(28,42)7)55-38-35(33(50)31(48)26(19-44)53-38)54-37-34(51)32(49)30(47)25(18-43)52-37/h10,22-38,43-51H,3,9,11-19H2,1-2,4-8H3/t22-,23-,24-,25-,26-,27-,28-,29+,30-,31-,32+,33+,34-,35-,36+,37+,38+,40+,41-,42-/m1/s1. The van der Waals surface area contributed by atoms with Crippen molar-refractivity contribution in [3.63, 3.8) is 0 Å². The van der Waals surface area contributed by atoms with Crippen LogP contribution in [0.1, 0.15) is 99.8 Å². The average Bonchev–Trinajstić information content (AvgIpc) is 3.49. The summed E-state index contributed by atoms with van der Waals surface area (Å²) in [6.45, 7) is 18.6. The van der Waals surface area contributed by atoms with Crippen molar-refractivity contribution in [2.45, 2.75) is 180 Å². The summed E-state index contributed by atoms with van der Waals surface area (Å²) >= 11 is 0. The fourth-order valence-corrected chi connectivity index (χ4v) is 13.1. The first kappa shape index (κ1) is 43.5. The van der Waals surface area contributed by atoms with Gasteiger partial charge in [-0.25, -0.2) is 0 Å². The highest BCUT2D eigenvalue weighted by Crippen LogP contribution is 2.75. The first-order valence-corrected chi connectivity index (χ1v) is 20.6. The van der Waals surface area contributed by atoms with Crippen LogP contribution >= 0.6 is 0 Å². The normalized spacial score (nSPS) is 52.1. The second-order valence-electron chi connectivity index (χ2n) is 19.6. The Hall–Kier alpha value is -1.04. The molecule has 6 aliphatic rings. The number of aliphatic hydroxyl groups is 9. The van der Waals surface area contributed by atoms with Crippen LogP contribution in [-0.4, -0.2) is 139 Å². The van der Waals surface area contributed by atoms with Gasteiger partial charge >= 0.3 is 0 Å². The van der Waals surface area contributed by atoms with E-state index < -0.39 is 98.4 Å². The molecule has 2 aliphatic heterocycles. The number of rotatable bonds is 10. The number of hydrogen-bond donors (Lipinski definition) is 9. The van der Waals surface area contributed by atoms with Crippen LogP contribution in [0.3, 0.4) is 0 Å². The topological polar surface area (TPSA) is 219 Å². The van der Waals surface area contributed by atoms with E-state index in [1.165, 1.54) is 11.1 Å². The highest BCUT2D eigenvalue weighted by atomic mass is 16.8. The van der Waals surface area contributed by atoms with Gasteiger partial charge in [-0.1, -0.05) is 58.4 Å². The Balaban J connectivity index is 1.25. The summed E-state index contributed by atoms with van der Waals surface area (Å²) in [4.78, 5) is 0. The minimum atomic E-state index is -1.80. The zero-order valence-electron chi connectivity index (χ0n) is 33.8. The van der Waals surface area contributed by atoms with E-state index in [0.29, 0.717) is 12.8 Å². The van der Waals surface area contributed by atoms with E-state index in [2.05, 4.69) is 61.1 Å². The summed E-state index contributed by atoms with van der Waals surface area (Å²) in [6, 6.07) is 0. The Morgan fingerprint density at radius 2 is 1.33 bits per heavy atom. The van der Waals surface area contributed by atoms with E-state index >= 15 is 0 Å². The molecule has 55 heavy (non-hydrogen) atoms. The molecular weight excluding hydrogens is 712 g/mol. The molecule has 13 heteroatoms. The summed E-state index contributed by atoms with van der Waals surface area (Å²) < 4.78 is 24.1. The van der Waals surface area contributed by atoms with Gasteiger partial charge in [0.05, 0.1) is 31.5 Å². The molecule has 0 amide bonds. The number of aliphatic hydroxyl groups excluding tert-OH is 9. The molecule has 0 aromatic carbocycles. The van der Waals surface area contributed by atoms with Gasteiger partial charge in [-0.05, 0) is 111 Å². The fourth-order valence-electron chi connectivity index (χ4n) is 13.1. The van der Waals surface area contributed by atoms with Crippen LogP contribution in [0, 0.1) is 45.3 Å². The van der Waals surface area contributed by atoms with E-state index in [0.717, 1.165) is 38.5 Å². The number of hydrogen-bond acceptors (Lipinski definition) is 13. The van der Waals surface area contributed by atoms with Gasteiger partial charge in [0.15, 0.2) is 12.6 Å². The molecule has 6 fully saturated rings. The third-order valence-corrected chi connectivity index (χ3v) is 16.1. The van der Waals surface area contributed by atoms with Gasteiger partial charge in [-0.2, -0.15) is 0 Å². The first-order valence-electron chi connectivity index (χ1n) is 20.6. The summed E-state index contributed by atoms with van der Waals surface area (Å²) in [7, 11) is 0. The summed E-state index contributed by atoms with van der Waals surface area (Å²) in [5.41, 5.74) is 1.28. The molecule has 9 N–H and O–H groups in total. The second kappa shape index (κ2) is 15.9. The third kappa shape index (κ3) is 7.12. The molecule has 20 atom stereocenters. The van der Waals surface area contributed by atoms with Gasteiger partial charge in [0.25, 0.3) is 0 Å². The minimum Gasteiger partial charge on any atom is -0.394 e. The Labute approximate surface area is 326 Å². The highest BCUT2D eigenvalue weighted by molar-refractivity contribution is 5.23. The Morgan fingerprint density at radius 1 is 0.727 bits per heavy atom. The number of ether oxygens (including phenoxy) is 4. The average molecular weight is 783 g/mol. The molecule has 4 aliphatic carbocycles. The van der Waals surface area contributed by atoms with Crippen LogP contribution < -0.4 is 0 Å². The summed E-state index contributed by atoms with van der Waals surface area (Å²) in [5, 5.41) is 97.6. The zero-order chi connectivity index (χ0) is 40.6. The molecule has 4 saturated carbocycles. The van der Waals surface area contributed by atoms with Gasteiger partial charge < -0.3 is 64.9 Å². The summed E-state index contributed by atoms with van der Waals surface area (Å²) in [5.74, 6) is 0.556. The SMILES string of the molecule is C=C(CCC=C(C)C)[C@H]1CC[C@]2(C)[C@@H]1[C@H](O)C[C@@H]1[C@@]3(C)C[C@@H](O)[C@H](O[C@@H]4O[C@H](CO)[C@@H](O)[C@H](O)[C@H]4O[C@@H]4O[C@H](CO)[C@@H](O)[C@H](O)[C@H]4O)C(C)(C)[C@H]3CC[C@]12C. The predicted molar refractivity (Wildman–Crippen MR) is 201 cm³/mol. The summed E-state index contributed by atoms with van der Waals surface area (Å²) in [6.07, 6.45) is -9.14. The predicted octanol–water partition coefficient (Wildman–Crippen LogP) is 1.93.